The molecule has 3 heterocycles. The van der Waals surface area contributed by atoms with Crippen LogP contribution < -0.4 is 0 Å². The zero-order valence-corrected chi connectivity index (χ0v) is 22.3. The van der Waals surface area contributed by atoms with Crippen molar-refractivity contribution in [3.63, 3.8) is 0 Å². The zero-order valence-electron chi connectivity index (χ0n) is 20.7. The molecule has 1 amide bonds. The minimum atomic E-state index is -4.00. The number of sulfone groups is 1. The van der Waals surface area contributed by atoms with Gasteiger partial charge in [0.1, 0.15) is 5.82 Å². The van der Waals surface area contributed by atoms with Crippen LogP contribution >= 0.6 is 11.3 Å². The molecule has 7 nitrogen and oxygen atoms in total. The number of amides is 1. The summed E-state index contributed by atoms with van der Waals surface area (Å²) in [5, 5.41) is 1.70. The summed E-state index contributed by atoms with van der Waals surface area (Å²) in [7, 11) is -4.00. The Labute approximate surface area is 225 Å². The monoisotopic (exact) mass is 553 g/mol. The van der Waals surface area contributed by atoms with E-state index in [0.29, 0.717) is 23.7 Å². The fraction of sp³-hybridized carbons (Fsp3) is 0.286. The van der Waals surface area contributed by atoms with Gasteiger partial charge >= 0.3 is 0 Å². The SMILES string of the molecule is O=C(c1cccs1)N(Cc1cnc(S(=O)(=O)Cc2ccccc2F)n1Cc1ccccc1)CC1CCCO1. The number of nitrogens with zero attached hydrogens (tertiary/aromatic N) is 3. The average molecular weight is 554 g/mol. The topological polar surface area (TPSA) is 81.5 Å². The summed E-state index contributed by atoms with van der Waals surface area (Å²) >= 11 is 1.36. The third-order valence-corrected chi connectivity index (χ3v) is 8.92. The van der Waals surface area contributed by atoms with Gasteiger partial charge in [0.05, 0.1) is 41.7 Å². The molecule has 1 saturated heterocycles. The molecule has 0 N–H and O–H groups in total. The van der Waals surface area contributed by atoms with Crippen molar-refractivity contribution in [2.45, 2.75) is 42.9 Å². The molecule has 1 fully saturated rings. The number of benzene rings is 2. The van der Waals surface area contributed by atoms with Crippen molar-refractivity contribution in [3.8, 4) is 0 Å². The van der Waals surface area contributed by atoms with Crippen molar-refractivity contribution in [2.24, 2.45) is 0 Å². The Kier molecular flexibility index (Phi) is 8.01. The highest BCUT2D eigenvalue weighted by Gasteiger charge is 2.29. The molecule has 0 bridgehead atoms. The molecule has 1 aliphatic heterocycles. The fourth-order valence-electron chi connectivity index (χ4n) is 4.59. The summed E-state index contributed by atoms with van der Waals surface area (Å²) in [4.78, 5) is 20.0. The Morgan fingerprint density at radius 3 is 2.61 bits per heavy atom. The summed E-state index contributed by atoms with van der Waals surface area (Å²) in [6.07, 6.45) is 3.23. The van der Waals surface area contributed by atoms with E-state index in [1.165, 1.54) is 35.7 Å². The number of carbonyl (C=O) groups excluding carboxylic acids is 1. The van der Waals surface area contributed by atoms with E-state index in [9.17, 15) is 17.6 Å². The highest BCUT2D eigenvalue weighted by atomic mass is 32.2. The molecule has 4 aromatic rings. The molecule has 198 valence electrons. The molecule has 1 aliphatic rings. The van der Waals surface area contributed by atoms with Crippen LogP contribution in [0, 0.1) is 5.82 Å². The molecule has 38 heavy (non-hydrogen) atoms. The molecule has 0 radical (unpaired) electrons. The molecule has 1 unspecified atom stereocenters. The Morgan fingerprint density at radius 2 is 1.89 bits per heavy atom. The lowest BCUT2D eigenvalue weighted by Gasteiger charge is -2.26. The van der Waals surface area contributed by atoms with Crippen molar-refractivity contribution in [2.75, 3.05) is 13.2 Å². The molecule has 0 aliphatic carbocycles. The van der Waals surface area contributed by atoms with Crippen LogP contribution in [0.3, 0.4) is 0 Å². The van der Waals surface area contributed by atoms with Crippen LogP contribution in [0.5, 0.6) is 0 Å². The molecule has 0 spiro atoms. The first kappa shape index (κ1) is 26.3. The lowest BCUT2D eigenvalue weighted by Crippen LogP contribution is -2.37. The summed E-state index contributed by atoms with van der Waals surface area (Å²) in [5.74, 6) is -1.24. The molecule has 0 saturated carbocycles. The van der Waals surface area contributed by atoms with Crippen LogP contribution in [-0.4, -0.2) is 48.0 Å². The van der Waals surface area contributed by atoms with E-state index in [0.717, 1.165) is 18.4 Å². The quantitative estimate of drug-likeness (QED) is 0.278. The number of aromatic nitrogens is 2. The van der Waals surface area contributed by atoms with Crippen molar-refractivity contribution < 1.29 is 22.3 Å². The third kappa shape index (κ3) is 6.03. The molecule has 2 aromatic heterocycles. The Bertz CT molecular complexity index is 1480. The van der Waals surface area contributed by atoms with E-state index >= 15 is 0 Å². The summed E-state index contributed by atoms with van der Waals surface area (Å²) < 4.78 is 48.8. The highest BCUT2D eigenvalue weighted by Crippen LogP contribution is 2.24. The van der Waals surface area contributed by atoms with Gasteiger partial charge in [-0.1, -0.05) is 54.6 Å². The first-order valence-electron chi connectivity index (χ1n) is 12.4. The summed E-state index contributed by atoms with van der Waals surface area (Å²) in [6.45, 7) is 1.45. The van der Waals surface area contributed by atoms with Gasteiger partial charge in [-0.05, 0) is 35.9 Å². The van der Waals surface area contributed by atoms with Gasteiger partial charge in [-0.25, -0.2) is 17.8 Å². The van der Waals surface area contributed by atoms with Crippen LogP contribution in [0.4, 0.5) is 4.39 Å². The minimum absolute atomic E-state index is 0.0753. The van der Waals surface area contributed by atoms with Gasteiger partial charge in [0, 0.05) is 18.7 Å². The number of hydrogen-bond donors (Lipinski definition) is 0. The van der Waals surface area contributed by atoms with Gasteiger partial charge in [-0.3, -0.25) is 4.79 Å². The molecular weight excluding hydrogens is 525 g/mol. The number of carbonyl (C=O) groups is 1. The van der Waals surface area contributed by atoms with Gasteiger partial charge in [-0.2, -0.15) is 0 Å². The maximum atomic E-state index is 14.3. The standard InChI is InChI=1S/C28H28FN3O4S2/c29-25-12-5-4-10-22(25)20-38(34,35)28-30-16-23(32(28)17-21-8-2-1-3-9-21)18-31(19-24-11-6-14-36-24)27(33)26-13-7-15-37-26/h1-5,7-10,12-13,15-16,24H,6,11,14,17-20H2. The van der Waals surface area contributed by atoms with Gasteiger partial charge in [0.15, 0.2) is 0 Å². The van der Waals surface area contributed by atoms with Crippen LogP contribution in [0.1, 0.15) is 39.3 Å². The second kappa shape index (κ2) is 11.6. The van der Waals surface area contributed by atoms with Gasteiger partial charge in [-0.15, -0.1) is 11.3 Å². The van der Waals surface area contributed by atoms with Crippen molar-refractivity contribution in [1.82, 2.24) is 14.5 Å². The first-order chi connectivity index (χ1) is 18.4. The maximum Gasteiger partial charge on any atom is 0.264 e. The lowest BCUT2D eigenvalue weighted by atomic mass is 10.2. The van der Waals surface area contributed by atoms with E-state index in [-0.39, 0.29) is 35.8 Å². The second-order valence-corrected chi connectivity index (χ2v) is 12.1. The first-order valence-corrected chi connectivity index (χ1v) is 14.9. The Morgan fingerprint density at radius 1 is 1.11 bits per heavy atom. The summed E-state index contributed by atoms with van der Waals surface area (Å²) in [5.41, 5.74) is 1.53. The van der Waals surface area contributed by atoms with E-state index in [2.05, 4.69) is 4.98 Å². The predicted octanol–water partition coefficient (Wildman–Crippen LogP) is 4.93. The summed E-state index contributed by atoms with van der Waals surface area (Å²) in [6, 6.07) is 18.9. The molecule has 1 atom stereocenters. The lowest BCUT2D eigenvalue weighted by molar-refractivity contribution is 0.0505. The highest BCUT2D eigenvalue weighted by molar-refractivity contribution is 7.90. The third-order valence-electron chi connectivity index (χ3n) is 6.49. The van der Waals surface area contributed by atoms with Gasteiger partial charge < -0.3 is 14.2 Å². The van der Waals surface area contributed by atoms with Gasteiger partial charge in [0.25, 0.3) is 5.91 Å². The number of thiophene rings is 1. The van der Waals surface area contributed by atoms with Gasteiger partial charge in [0.2, 0.25) is 15.0 Å². The van der Waals surface area contributed by atoms with E-state index in [1.807, 2.05) is 41.8 Å². The fourth-order valence-corrected chi connectivity index (χ4v) is 6.79. The van der Waals surface area contributed by atoms with Crippen LogP contribution in [0.15, 0.2) is 83.5 Å². The zero-order chi connectivity index (χ0) is 26.5. The van der Waals surface area contributed by atoms with E-state index in [1.54, 1.807) is 21.6 Å². The number of halogens is 1. The maximum absolute atomic E-state index is 14.3. The largest absolute Gasteiger partial charge is 0.376 e. The van der Waals surface area contributed by atoms with Crippen LogP contribution in [-0.2, 0) is 33.4 Å². The normalized spacial score (nSPS) is 15.6. The van der Waals surface area contributed by atoms with E-state index in [4.69, 9.17) is 4.74 Å². The minimum Gasteiger partial charge on any atom is -0.376 e. The number of rotatable bonds is 10. The smallest absolute Gasteiger partial charge is 0.264 e. The number of hydrogen-bond acceptors (Lipinski definition) is 6. The van der Waals surface area contributed by atoms with Crippen LogP contribution in [0.2, 0.25) is 0 Å². The molecular formula is C28H28FN3O4S2. The Hall–Kier alpha value is -3.34. The number of ether oxygens (including phenoxy) is 1. The Balaban J connectivity index is 1.51. The molecule has 5 rings (SSSR count). The van der Waals surface area contributed by atoms with Crippen molar-refractivity contribution >= 4 is 27.1 Å². The second-order valence-electron chi connectivity index (χ2n) is 9.25. The predicted molar refractivity (Wildman–Crippen MR) is 143 cm³/mol. The number of imidazole rings is 1. The average Bonchev–Trinajstić information content (AvgIpc) is 3.69. The van der Waals surface area contributed by atoms with Crippen LogP contribution in [0.25, 0.3) is 0 Å². The molecule has 10 heteroatoms. The van der Waals surface area contributed by atoms with Crippen molar-refractivity contribution in [1.29, 1.82) is 0 Å². The van der Waals surface area contributed by atoms with Crippen molar-refractivity contribution in [3.05, 3.63) is 106 Å². The molecule has 2 aromatic carbocycles. The van der Waals surface area contributed by atoms with E-state index < -0.39 is 21.4 Å².